The van der Waals surface area contributed by atoms with Gasteiger partial charge in [0.25, 0.3) is 0 Å². The topological polar surface area (TPSA) is 85.8 Å². The first-order valence-corrected chi connectivity index (χ1v) is 12.9. The van der Waals surface area contributed by atoms with Crippen molar-refractivity contribution in [3.8, 4) is 0 Å². The van der Waals surface area contributed by atoms with E-state index < -0.39 is 10.0 Å². The van der Waals surface area contributed by atoms with Gasteiger partial charge in [0.1, 0.15) is 0 Å². The Morgan fingerprint density at radius 1 is 1.07 bits per heavy atom. The summed E-state index contributed by atoms with van der Waals surface area (Å²) in [5, 5.41) is 6.70. The van der Waals surface area contributed by atoms with E-state index in [9.17, 15) is 8.42 Å². The number of likely N-dealkylation sites (tertiary alicyclic amines) is 1. The van der Waals surface area contributed by atoms with E-state index in [2.05, 4.69) is 32.2 Å². The van der Waals surface area contributed by atoms with Gasteiger partial charge in [-0.2, -0.15) is 0 Å². The number of hydrogen-bond donors (Lipinski definition) is 3. The van der Waals surface area contributed by atoms with Gasteiger partial charge < -0.3 is 15.5 Å². The van der Waals surface area contributed by atoms with Crippen molar-refractivity contribution in [2.45, 2.75) is 69.4 Å². The Bertz CT molecular complexity index is 767. The molecule has 1 aliphatic heterocycles. The number of sulfonamides is 1. The zero-order valence-corrected chi connectivity index (χ0v) is 19.0. The van der Waals surface area contributed by atoms with Crippen LogP contribution in [0.3, 0.4) is 0 Å². The molecule has 0 spiro atoms. The van der Waals surface area contributed by atoms with E-state index in [0.717, 1.165) is 50.4 Å². The molecule has 1 saturated carbocycles. The lowest BCUT2D eigenvalue weighted by molar-refractivity contribution is 0.282. The molecule has 0 amide bonds. The van der Waals surface area contributed by atoms with Crippen LogP contribution in [0, 0.1) is 0 Å². The van der Waals surface area contributed by atoms with Crippen LogP contribution in [0.1, 0.15) is 57.4 Å². The minimum absolute atomic E-state index is 0.118. The molecule has 2 aliphatic rings. The second-order valence-electron chi connectivity index (χ2n) is 8.27. The lowest BCUT2D eigenvalue weighted by Gasteiger charge is -2.20. The van der Waals surface area contributed by atoms with Crippen molar-refractivity contribution in [2.75, 3.05) is 32.7 Å². The number of hydrogen-bond acceptors (Lipinski definition) is 4. The Labute approximate surface area is 181 Å². The van der Waals surface area contributed by atoms with Crippen LogP contribution in [0.25, 0.3) is 0 Å². The van der Waals surface area contributed by atoms with Crippen LogP contribution in [0.2, 0.25) is 0 Å². The molecule has 7 nitrogen and oxygen atoms in total. The first kappa shape index (κ1) is 23.0. The van der Waals surface area contributed by atoms with E-state index in [0.29, 0.717) is 11.4 Å². The van der Waals surface area contributed by atoms with Crippen molar-refractivity contribution in [3.05, 3.63) is 29.8 Å². The lowest BCUT2D eigenvalue weighted by atomic mass is 10.2. The summed E-state index contributed by atoms with van der Waals surface area (Å²) >= 11 is 0. The van der Waals surface area contributed by atoms with Gasteiger partial charge in [-0.3, -0.25) is 0 Å². The highest BCUT2D eigenvalue weighted by Crippen LogP contribution is 2.22. The van der Waals surface area contributed by atoms with Crippen molar-refractivity contribution >= 4 is 16.0 Å². The van der Waals surface area contributed by atoms with Crippen LogP contribution in [-0.4, -0.2) is 58.0 Å². The Morgan fingerprint density at radius 3 is 2.40 bits per heavy atom. The molecular formula is C22H37N5O2S. The SMILES string of the molecule is CCNC(=NCc1ccc(S(=O)(=O)NC2CC2)cc1)NCCCN1CCCCCC1. The van der Waals surface area contributed by atoms with Crippen LogP contribution in [-0.2, 0) is 16.6 Å². The quantitative estimate of drug-likeness (QED) is 0.299. The standard InChI is InChI=1S/C22H37N5O2S/c1-2-23-22(24-14-7-17-27-15-5-3-4-6-16-27)25-18-19-8-12-21(13-9-19)30(28,29)26-20-10-11-20/h8-9,12-13,20,26H,2-7,10-11,14-18H2,1H3,(H2,23,24,25). The van der Waals surface area contributed by atoms with E-state index in [1.54, 1.807) is 12.1 Å². The molecule has 3 rings (SSSR count). The largest absolute Gasteiger partial charge is 0.357 e. The molecular weight excluding hydrogens is 398 g/mol. The monoisotopic (exact) mass is 435 g/mol. The Morgan fingerprint density at radius 2 is 1.77 bits per heavy atom. The van der Waals surface area contributed by atoms with Crippen LogP contribution in [0.5, 0.6) is 0 Å². The highest BCUT2D eigenvalue weighted by molar-refractivity contribution is 7.89. The van der Waals surface area contributed by atoms with E-state index in [4.69, 9.17) is 0 Å². The maximum atomic E-state index is 12.3. The Balaban J connectivity index is 1.45. The van der Waals surface area contributed by atoms with Gasteiger partial charge in [0.2, 0.25) is 10.0 Å². The minimum Gasteiger partial charge on any atom is -0.357 e. The van der Waals surface area contributed by atoms with Crippen LogP contribution < -0.4 is 15.4 Å². The minimum atomic E-state index is -3.39. The molecule has 3 N–H and O–H groups in total. The molecule has 0 aromatic heterocycles. The summed E-state index contributed by atoms with van der Waals surface area (Å²) in [4.78, 5) is 7.54. The van der Waals surface area contributed by atoms with Gasteiger partial charge in [0.05, 0.1) is 11.4 Å². The fraction of sp³-hybridized carbons (Fsp3) is 0.682. The summed E-state index contributed by atoms with van der Waals surface area (Å²) in [6, 6.07) is 7.13. The van der Waals surface area contributed by atoms with E-state index in [1.165, 1.54) is 38.8 Å². The highest BCUT2D eigenvalue weighted by Gasteiger charge is 2.27. The number of benzene rings is 1. The normalized spacial score (nSPS) is 18.8. The third kappa shape index (κ3) is 7.89. The maximum absolute atomic E-state index is 12.3. The average molecular weight is 436 g/mol. The van der Waals surface area contributed by atoms with Crippen molar-refractivity contribution in [1.82, 2.24) is 20.3 Å². The number of nitrogens with zero attached hydrogens (tertiary/aromatic N) is 2. The fourth-order valence-corrected chi connectivity index (χ4v) is 4.95. The summed E-state index contributed by atoms with van der Waals surface area (Å²) in [5.74, 6) is 0.806. The predicted octanol–water partition coefficient (Wildman–Crippen LogP) is 2.45. The summed E-state index contributed by atoms with van der Waals surface area (Å²) in [5.41, 5.74) is 0.988. The Hall–Kier alpha value is -1.64. The predicted molar refractivity (Wildman–Crippen MR) is 122 cm³/mol. The molecule has 1 saturated heterocycles. The van der Waals surface area contributed by atoms with E-state index >= 15 is 0 Å². The van der Waals surface area contributed by atoms with Gasteiger partial charge >= 0.3 is 0 Å². The third-order valence-corrected chi connectivity index (χ3v) is 7.08. The van der Waals surface area contributed by atoms with Crippen molar-refractivity contribution < 1.29 is 8.42 Å². The molecule has 0 unspecified atom stereocenters. The van der Waals surface area contributed by atoms with Crippen LogP contribution >= 0.6 is 0 Å². The molecule has 8 heteroatoms. The highest BCUT2D eigenvalue weighted by atomic mass is 32.2. The molecule has 1 aromatic carbocycles. The molecule has 168 valence electrons. The average Bonchev–Trinajstić information content (AvgIpc) is 3.57. The summed E-state index contributed by atoms with van der Waals surface area (Å²) in [6.45, 7) is 7.87. The van der Waals surface area contributed by atoms with Crippen LogP contribution in [0.4, 0.5) is 0 Å². The third-order valence-electron chi connectivity index (χ3n) is 5.54. The van der Waals surface area contributed by atoms with E-state index in [1.807, 2.05) is 12.1 Å². The first-order chi connectivity index (χ1) is 14.6. The second-order valence-corrected chi connectivity index (χ2v) is 9.98. The first-order valence-electron chi connectivity index (χ1n) is 11.4. The smallest absolute Gasteiger partial charge is 0.240 e. The van der Waals surface area contributed by atoms with Gasteiger partial charge in [-0.15, -0.1) is 0 Å². The molecule has 0 bridgehead atoms. The van der Waals surface area contributed by atoms with Crippen molar-refractivity contribution in [1.29, 1.82) is 0 Å². The van der Waals surface area contributed by atoms with Gasteiger partial charge in [-0.05, 0) is 76.4 Å². The molecule has 0 atom stereocenters. The molecule has 30 heavy (non-hydrogen) atoms. The van der Waals surface area contributed by atoms with Crippen molar-refractivity contribution in [3.63, 3.8) is 0 Å². The van der Waals surface area contributed by atoms with Gasteiger partial charge in [-0.25, -0.2) is 18.1 Å². The second kappa shape index (κ2) is 11.7. The number of rotatable bonds is 10. The number of guanidine groups is 1. The Kier molecular flexibility index (Phi) is 8.96. The molecule has 1 aromatic rings. The zero-order chi connectivity index (χ0) is 21.2. The molecule has 1 aliphatic carbocycles. The molecule has 1 heterocycles. The van der Waals surface area contributed by atoms with Gasteiger partial charge in [-0.1, -0.05) is 25.0 Å². The number of nitrogens with one attached hydrogen (secondary N) is 3. The van der Waals surface area contributed by atoms with Crippen molar-refractivity contribution in [2.24, 2.45) is 4.99 Å². The lowest BCUT2D eigenvalue weighted by Crippen LogP contribution is -2.39. The fourth-order valence-electron chi connectivity index (χ4n) is 3.64. The number of aliphatic imine (C=N–C) groups is 1. The van der Waals surface area contributed by atoms with Gasteiger partial charge in [0, 0.05) is 19.1 Å². The zero-order valence-electron chi connectivity index (χ0n) is 18.2. The molecule has 2 fully saturated rings. The summed E-state index contributed by atoms with van der Waals surface area (Å²) in [6.07, 6.45) is 8.37. The summed E-state index contributed by atoms with van der Waals surface area (Å²) < 4.78 is 27.2. The maximum Gasteiger partial charge on any atom is 0.240 e. The van der Waals surface area contributed by atoms with E-state index in [-0.39, 0.29) is 6.04 Å². The van der Waals surface area contributed by atoms with Gasteiger partial charge in [0.15, 0.2) is 5.96 Å². The summed E-state index contributed by atoms with van der Waals surface area (Å²) in [7, 11) is -3.39. The van der Waals surface area contributed by atoms with Crippen LogP contribution in [0.15, 0.2) is 34.2 Å². The molecule has 0 radical (unpaired) electrons.